The Balaban J connectivity index is 1.77. The van der Waals surface area contributed by atoms with Crippen molar-refractivity contribution in [2.24, 2.45) is 5.73 Å². The van der Waals surface area contributed by atoms with Gasteiger partial charge in [0.1, 0.15) is 0 Å². The van der Waals surface area contributed by atoms with E-state index in [9.17, 15) is 0 Å². The normalized spacial score (nSPS) is 18.0. The van der Waals surface area contributed by atoms with Crippen molar-refractivity contribution in [1.29, 1.82) is 0 Å². The van der Waals surface area contributed by atoms with Gasteiger partial charge in [-0.15, -0.1) is 0 Å². The number of nitrogens with two attached hydrogens (primary N) is 1. The lowest BCUT2D eigenvalue weighted by molar-refractivity contribution is 0.375. The third-order valence-electron chi connectivity index (χ3n) is 2.48. The zero-order valence-electron chi connectivity index (χ0n) is 8.98. The number of hydrogen-bond donors (Lipinski definition) is 1. The second kappa shape index (κ2) is 4.99. The van der Waals surface area contributed by atoms with Crippen molar-refractivity contribution in [2.75, 3.05) is 6.54 Å². The number of hydrogen-bond acceptors (Lipinski definition) is 5. The van der Waals surface area contributed by atoms with E-state index < -0.39 is 0 Å². The molecular formula is C10H17N3OS. The molecule has 0 saturated heterocycles. The topological polar surface area (TPSA) is 64.9 Å². The second-order valence-electron chi connectivity index (χ2n) is 4.02. The molecule has 0 amide bonds. The van der Waals surface area contributed by atoms with Gasteiger partial charge in [0.2, 0.25) is 5.89 Å². The summed E-state index contributed by atoms with van der Waals surface area (Å²) in [7, 11) is 0. The number of thioether (sulfide) groups is 1. The van der Waals surface area contributed by atoms with Gasteiger partial charge in [0, 0.05) is 11.2 Å². The minimum Gasteiger partial charge on any atom is -0.339 e. The third-order valence-corrected chi connectivity index (χ3v) is 3.71. The van der Waals surface area contributed by atoms with Crippen molar-refractivity contribution in [3.8, 4) is 0 Å². The summed E-state index contributed by atoms with van der Waals surface area (Å²) in [5.41, 5.74) is 5.49. The molecule has 1 aliphatic rings. The molecule has 4 nitrogen and oxygen atoms in total. The van der Waals surface area contributed by atoms with E-state index in [0.29, 0.717) is 11.2 Å². The highest BCUT2D eigenvalue weighted by Gasteiger charge is 2.29. The zero-order chi connectivity index (χ0) is 10.7. The van der Waals surface area contributed by atoms with Crippen LogP contribution >= 0.6 is 11.8 Å². The van der Waals surface area contributed by atoms with E-state index in [1.165, 1.54) is 12.8 Å². The zero-order valence-corrected chi connectivity index (χ0v) is 9.80. The Bertz CT molecular complexity index is 311. The Morgan fingerprint density at radius 3 is 3.07 bits per heavy atom. The van der Waals surface area contributed by atoms with Crippen molar-refractivity contribution < 1.29 is 4.52 Å². The van der Waals surface area contributed by atoms with E-state index >= 15 is 0 Å². The maximum Gasteiger partial charge on any atom is 0.229 e. The van der Waals surface area contributed by atoms with Crippen LogP contribution in [0.25, 0.3) is 0 Å². The number of aromatic nitrogens is 2. The molecule has 15 heavy (non-hydrogen) atoms. The molecule has 0 spiro atoms. The fourth-order valence-electron chi connectivity index (χ4n) is 1.36. The van der Waals surface area contributed by atoms with Crippen molar-refractivity contribution in [3.63, 3.8) is 0 Å². The highest BCUT2D eigenvalue weighted by molar-refractivity contribution is 7.99. The number of rotatable bonds is 6. The van der Waals surface area contributed by atoms with Crippen LogP contribution in [-0.2, 0) is 5.75 Å². The SMILES string of the molecule is CC(CCN)SCc1noc(C2CC2)n1. The minimum atomic E-state index is 0.553. The Labute approximate surface area is 94.0 Å². The Morgan fingerprint density at radius 1 is 1.60 bits per heavy atom. The summed E-state index contributed by atoms with van der Waals surface area (Å²) in [6.45, 7) is 2.92. The average Bonchev–Trinajstić information content (AvgIpc) is 2.96. The van der Waals surface area contributed by atoms with Gasteiger partial charge in [-0.2, -0.15) is 16.7 Å². The van der Waals surface area contributed by atoms with Gasteiger partial charge < -0.3 is 10.3 Å². The fourth-order valence-corrected chi connectivity index (χ4v) is 2.21. The molecule has 0 radical (unpaired) electrons. The maximum atomic E-state index is 5.49. The van der Waals surface area contributed by atoms with Gasteiger partial charge >= 0.3 is 0 Å². The van der Waals surface area contributed by atoms with Crippen LogP contribution in [0.2, 0.25) is 0 Å². The third kappa shape index (κ3) is 3.21. The van der Waals surface area contributed by atoms with Crippen LogP contribution in [-0.4, -0.2) is 21.9 Å². The highest BCUT2D eigenvalue weighted by Crippen LogP contribution is 2.39. The molecule has 2 N–H and O–H groups in total. The molecule has 1 aromatic rings. The van der Waals surface area contributed by atoms with Crippen molar-refractivity contribution in [2.45, 2.75) is 43.1 Å². The first-order valence-electron chi connectivity index (χ1n) is 5.43. The van der Waals surface area contributed by atoms with Gasteiger partial charge in [-0.3, -0.25) is 0 Å². The molecule has 1 saturated carbocycles. The molecule has 84 valence electrons. The van der Waals surface area contributed by atoms with Crippen LogP contribution < -0.4 is 5.73 Å². The minimum absolute atomic E-state index is 0.553. The van der Waals surface area contributed by atoms with Crippen LogP contribution in [0.15, 0.2) is 4.52 Å². The Morgan fingerprint density at radius 2 is 2.40 bits per heavy atom. The van der Waals surface area contributed by atoms with Crippen LogP contribution in [0.4, 0.5) is 0 Å². The largest absolute Gasteiger partial charge is 0.339 e. The molecule has 0 bridgehead atoms. The molecular weight excluding hydrogens is 210 g/mol. The molecule has 0 aromatic carbocycles. The summed E-state index contributed by atoms with van der Waals surface area (Å²) >= 11 is 1.83. The summed E-state index contributed by atoms with van der Waals surface area (Å²) in [6, 6.07) is 0. The van der Waals surface area contributed by atoms with E-state index in [1.807, 2.05) is 11.8 Å². The second-order valence-corrected chi connectivity index (χ2v) is 5.45. The van der Waals surface area contributed by atoms with Gasteiger partial charge in [0.25, 0.3) is 0 Å². The summed E-state index contributed by atoms with van der Waals surface area (Å²) in [5.74, 6) is 3.04. The Kier molecular flexibility index (Phi) is 3.64. The van der Waals surface area contributed by atoms with Gasteiger partial charge in [0.05, 0.1) is 5.75 Å². The van der Waals surface area contributed by atoms with E-state index in [4.69, 9.17) is 10.3 Å². The summed E-state index contributed by atoms with van der Waals surface area (Å²) in [5, 5.41) is 4.54. The predicted molar refractivity (Wildman–Crippen MR) is 60.7 cm³/mol. The smallest absolute Gasteiger partial charge is 0.229 e. The number of nitrogens with zero attached hydrogens (tertiary/aromatic N) is 2. The molecule has 0 aliphatic heterocycles. The quantitative estimate of drug-likeness (QED) is 0.804. The molecule has 1 unspecified atom stereocenters. The Hall–Kier alpha value is -0.550. The van der Waals surface area contributed by atoms with E-state index in [0.717, 1.165) is 30.4 Å². The predicted octanol–water partition coefficient (Wildman–Crippen LogP) is 1.92. The van der Waals surface area contributed by atoms with Gasteiger partial charge in [0.15, 0.2) is 5.82 Å². The van der Waals surface area contributed by atoms with Crippen molar-refractivity contribution in [1.82, 2.24) is 10.1 Å². The van der Waals surface area contributed by atoms with Gasteiger partial charge in [-0.25, -0.2) is 0 Å². The molecule has 2 rings (SSSR count). The summed E-state index contributed by atoms with van der Waals surface area (Å²) < 4.78 is 5.18. The van der Waals surface area contributed by atoms with Crippen LogP contribution in [0.5, 0.6) is 0 Å². The van der Waals surface area contributed by atoms with Crippen molar-refractivity contribution in [3.05, 3.63) is 11.7 Å². The fraction of sp³-hybridized carbons (Fsp3) is 0.800. The lowest BCUT2D eigenvalue weighted by Gasteiger charge is -2.06. The van der Waals surface area contributed by atoms with E-state index in [-0.39, 0.29) is 0 Å². The molecule has 1 aliphatic carbocycles. The first kappa shape index (κ1) is 11.0. The summed E-state index contributed by atoms with van der Waals surface area (Å²) in [4.78, 5) is 4.37. The van der Waals surface area contributed by atoms with Crippen LogP contribution in [0.1, 0.15) is 43.8 Å². The molecule has 1 fully saturated rings. The van der Waals surface area contributed by atoms with Crippen molar-refractivity contribution >= 4 is 11.8 Å². The molecule has 1 heterocycles. The van der Waals surface area contributed by atoms with E-state index in [1.54, 1.807) is 0 Å². The monoisotopic (exact) mass is 227 g/mol. The molecule has 5 heteroatoms. The summed E-state index contributed by atoms with van der Waals surface area (Å²) in [6.07, 6.45) is 3.45. The highest BCUT2D eigenvalue weighted by atomic mass is 32.2. The standard InChI is InChI=1S/C10H17N3OS/c1-7(4-5-11)15-6-9-12-10(14-13-9)8-2-3-8/h7-8H,2-6,11H2,1H3. The van der Waals surface area contributed by atoms with Gasteiger partial charge in [-0.05, 0) is 25.8 Å². The molecule has 1 atom stereocenters. The van der Waals surface area contributed by atoms with Gasteiger partial charge in [-0.1, -0.05) is 12.1 Å². The lowest BCUT2D eigenvalue weighted by atomic mass is 10.3. The lowest BCUT2D eigenvalue weighted by Crippen LogP contribution is -2.07. The molecule has 1 aromatic heterocycles. The first-order chi connectivity index (χ1) is 7.29. The van der Waals surface area contributed by atoms with Crippen LogP contribution in [0, 0.1) is 0 Å². The first-order valence-corrected chi connectivity index (χ1v) is 6.48. The maximum absolute atomic E-state index is 5.49. The van der Waals surface area contributed by atoms with Crippen LogP contribution in [0.3, 0.4) is 0 Å². The average molecular weight is 227 g/mol. The van der Waals surface area contributed by atoms with E-state index in [2.05, 4.69) is 17.1 Å².